The lowest BCUT2D eigenvalue weighted by atomic mass is 9.49. The number of aromatic nitrogens is 2. The summed E-state index contributed by atoms with van der Waals surface area (Å²) >= 11 is 0. The number of rotatable bonds is 9. The van der Waals surface area contributed by atoms with Gasteiger partial charge in [0.05, 0.1) is 47.4 Å². The van der Waals surface area contributed by atoms with Gasteiger partial charge in [0.15, 0.2) is 0 Å². The number of amides is 5. The van der Waals surface area contributed by atoms with Gasteiger partial charge in [-0.05, 0) is 74.6 Å². The fraction of sp³-hybridized carbons (Fsp3) is 0.532. The first-order valence-electron chi connectivity index (χ1n) is 21.9. The van der Waals surface area contributed by atoms with E-state index < -0.39 is 29.7 Å². The lowest BCUT2D eigenvalue weighted by Crippen LogP contribution is -2.74. The lowest BCUT2D eigenvalue weighted by Gasteiger charge is -2.63. The number of anilines is 1. The van der Waals surface area contributed by atoms with Crippen molar-refractivity contribution in [3.8, 4) is 17.6 Å². The van der Waals surface area contributed by atoms with Crippen molar-refractivity contribution < 1.29 is 38.2 Å². The molecule has 3 aromatic rings. The first kappa shape index (κ1) is 42.4. The Kier molecular flexibility index (Phi) is 10.6. The SMILES string of the molecule is Cc1cc(OC2C(C)(C)C(NC(=O)c3cnc(N4CCC5(CC4)CN(C4CC(Oc6ccc7c(c6)C(=O)N(C6CCC(=O)NC6=O)C7=O)C4)CCO5)cn3)C2(C)C)cc(C)c1C#N. The number of nitrogens with zero attached hydrogens (tertiary/aromatic N) is 6. The minimum absolute atomic E-state index is 0.0396. The minimum Gasteiger partial charge on any atom is -0.490 e. The summed E-state index contributed by atoms with van der Waals surface area (Å²) < 4.78 is 19.3. The molecule has 0 radical (unpaired) electrons. The number of carbonyl (C=O) groups excluding carboxylic acids is 5. The third-order valence-electron chi connectivity index (χ3n) is 14.4. The summed E-state index contributed by atoms with van der Waals surface area (Å²) in [5, 5.41) is 14.9. The van der Waals surface area contributed by atoms with Gasteiger partial charge in [0.2, 0.25) is 11.8 Å². The molecule has 2 aliphatic carbocycles. The van der Waals surface area contributed by atoms with E-state index in [0.717, 1.165) is 79.5 Å². The topological polar surface area (TPSA) is 196 Å². The van der Waals surface area contributed by atoms with Gasteiger partial charge in [-0.2, -0.15) is 5.26 Å². The number of hydrogen-bond donors (Lipinski definition) is 2. The van der Waals surface area contributed by atoms with Crippen molar-refractivity contribution in [1.82, 2.24) is 30.4 Å². The molecule has 1 spiro atoms. The normalized spacial score (nSPS) is 27.2. The van der Waals surface area contributed by atoms with Crippen molar-refractivity contribution in [2.45, 2.75) is 116 Å². The van der Waals surface area contributed by atoms with E-state index in [1.54, 1.807) is 30.6 Å². The highest BCUT2D eigenvalue weighted by atomic mass is 16.5. The molecule has 16 nitrogen and oxygen atoms in total. The van der Waals surface area contributed by atoms with Crippen LogP contribution < -0.4 is 25.0 Å². The fourth-order valence-electron chi connectivity index (χ4n) is 11.2. The molecule has 3 saturated heterocycles. The van der Waals surface area contributed by atoms with Crippen molar-refractivity contribution in [1.29, 1.82) is 5.26 Å². The van der Waals surface area contributed by atoms with E-state index in [1.807, 2.05) is 26.0 Å². The Labute approximate surface area is 366 Å². The van der Waals surface area contributed by atoms with Crippen LogP contribution in [0.2, 0.25) is 0 Å². The summed E-state index contributed by atoms with van der Waals surface area (Å²) in [6.07, 6.45) is 6.49. The van der Waals surface area contributed by atoms with Crippen LogP contribution >= 0.6 is 0 Å². The zero-order valence-corrected chi connectivity index (χ0v) is 36.7. The number of fused-ring (bicyclic) bond motifs is 1. The Morgan fingerprint density at radius 3 is 2.25 bits per heavy atom. The molecule has 2 aromatic carbocycles. The summed E-state index contributed by atoms with van der Waals surface area (Å²) in [5.74, 6) is -0.475. The van der Waals surface area contributed by atoms with Crippen LogP contribution in [0.4, 0.5) is 5.82 Å². The number of aryl methyl sites for hydroxylation is 2. The van der Waals surface area contributed by atoms with Gasteiger partial charge in [-0.15, -0.1) is 0 Å². The molecule has 330 valence electrons. The molecule has 1 aromatic heterocycles. The number of hydrogen-bond acceptors (Lipinski definition) is 13. The summed E-state index contributed by atoms with van der Waals surface area (Å²) in [7, 11) is 0. The van der Waals surface area contributed by atoms with E-state index in [9.17, 15) is 29.2 Å². The van der Waals surface area contributed by atoms with E-state index in [4.69, 9.17) is 14.2 Å². The second-order valence-electron chi connectivity index (χ2n) is 19.4. The maximum Gasteiger partial charge on any atom is 0.271 e. The second kappa shape index (κ2) is 15.7. The molecule has 5 amide bonds. The van der Waals surface area contributed by atoms with Crippen LogP contribution in [-0.4, -0.2) is 118 Å². The summed E-state index contributed by atoms with van der Waals surface area (Å²) in [6.45, 7) is 16.0. The first-order chi connectivity index (χ1) is 30.0. The molecular formula is C47H54N8O8. The van der Waals surface area contributed by atoms with Crippen LogP contribution in [0.15, 0.2) is 42.7 Å². The van der Waals surface area contributed by atoms with Crippen molar-refractivity contribution in [3.05, 3.63) is 76.2 Å². The van der Waals surface area contributed by atoms with Gasteiger partial charge in [-0.3, -0.25) is 39.1 Å². The van der Waals surface area contributed by atoms with Crippen molar-refractivity contribution in [2.75, 3.05) is 37.7 Å². The zero-order valence-electron chi connectivity index (χ0n) is 36.7. The van der Waals surface area contributed by atoms with Crippen LogP contribution in [0.5, 0.6) is 11.5 Å². The molecule has 1 unspecified atom stereocenters. The molecule has 6 aliphatic rings. The Hall–Kier alpha value is -5.92. The standard InChI is InChI=1S/C47H54N8O8/c1-26-17-30(18-27(2)34(26)22-48)63-44-45(3,4)43(46(44,5)6)52-39(57)35-23-50-37(24-49-35)53-13-11-47(12-14-53)25-54(15-16-61-47)28-19-31(20-28)62-29-7-8-32-33(21-29)42(60)55(41(32)59)36-9-10-38(56)51-40(36)58/h7-8,17-18,21,23-24,28,31,36,43-44H,9-16,19-20,25H2,1-6H3,(H,52,57)(H,51,56,58). The molecule has 2 N–H and O–H groups in total. The van der Waals surface area contributed by atoms with Gasteiger partial charge >= 0.3 is 0 Å². The van der Waals surface area contributed by atoms with Crippen LogP contribution in [-0.2, 0) is 14.3 Å². The Morgan fingerprint density at radius 2 is 1.60 bits per heavy atom. The monoisotopic (exact) mass is 858 g/mol. The van der Waals surface area contributed by atoms with E-state index in [0.29, 0.717) is 24.0 Å². The van der Waals surface area contributed by atoms with Gasteiger partial charge in [-0.1, -0.05) is 27.7 Å². The highest BCUT2D eigenvalue weighted by molar-refractivity contribution is 6.23. The summed E-state index contributed by atoms with van der Waals surface area (Å²) in [6, 6.07) is 10.1. The number of morpholine rings is 1. The largest absolute Gasteiger partial charge is 0.490 e. The van der Waals surface area contributed by atoms with Crippen LogP contribution in [0.25, 0.3) is 0 Å². The maximum atomic E-state index is 13.5. The summed E-state index contributed by atoms with van der Waals surface area (Å²) in [4.78, 5) is 78.9. The quantitative estimate of drug-likeness (QED) is 0.290. The molecule has 16 heteroatoms. The number of nitriles is 1. The van der Waals surface area contributed by atoms with E-state index >= 15 is 0 Å². The second-order valence-corrected chi connectivity index (χ2v) is 19.4. The predicted octanol–water partition coefficient (Wildman–Crippen LogP) is 4.26. The third-order valence-corrected chi connectivity index (χ3v) is 14.4. The number of nitrogens with one attached hydrogen (secondary N) is 2. The average Bonchev–Trinajstić information content (AvgIpc) is 3.47. The molecule has 1 atom stereocenters. The molecule has 9 rings (SSSR count). The average molecular weight is 859 g/mol. The van der Waals surface area contributed by atoms with E-state index in [2.05, 4.69) is 64.2 Å². The van der Waals surface area contributed by atoms with Crippen molar-refractivity contribution >= 4 is 35.4 Å². The number of imide groups is 2. The number of carbonyl (C=O) groups is 5. The minimum atomic E-state index is -1.01. The summed E-state index contributed by atoms with van der Waals surface area (Å²) in [5.41, 5.74) is 2.08. The molecule has 5 fully saturated rings. The van der Waals surface area contributed by atoms with E-state index in [1.165, 1.54) is 0 Å². The fourth-order valence-corrected chi connectivity index (χ4v) is 11.2. The molecular weight excluding hydrogens is 805 g/mol. The highest BCUT2D eigenvalue weighted by Gasteiger charge is 2.64. The van der Waals surface area contributed by atoms with Gasteiger partial charge < -0.3 is 24.4 Å². The van der Waals surface area contributed by atoms with Crippen molar-refractivity contribution in [3.63, 3.8) is 0 Å². The predicted molar refractivity (Wildman–Crippen MR) is 228 cm³/mol. The molecule has 0 bridgehead atoms. The zero-order chi connectivity index (χ0) is 44.6. The molecule has 2 saturated carbocycles. The number of benzene rings is 2. The van der Waals surface area contributed by atoms with Crippen LogP contribution in [0.1, 0.15) is 114 Å². The van der Waals surface area contributed by atoms with Gasteiger partial charge in [0.1, 0.15) is 41.3 Å². The van der Waals surface area contributed by atoms with Crippen LogP contribution in [0, 0.1) is 36.0 Å². The first-order valence-corrected chi connectivity index (χ1v) is 21.9. The third kappa shape index (κ3) is 7.48. The van der Waals surface area contributed by atoms with Gasteiger partial charge in [-0.25, -0.2) is 9.97 Å². The molecule has 5 heterocycles. The van der Waals surface area contributed by atoms with Gasteiger partial charge in [0.25, 0.3) is 17.7 Å². The van der Waals surface area contributed by atoms with Crippen LogP contribution in [0.3, 0.4) is 0 Å². The van der Waals surface area contributed by atoms with Gasteiger partial charge in [0, 0.05) is 68.4 Å². The number of ether oxygens (including phenoxy) is 3. The lowest BCUT2D eigenvalue weighted by molar-refractivity contribution is -0.164. The Bertz CT molecular complexity index is 2390. The number of piperidine rings is 2. The maximum absolute atomic E-state index is 13.5. The van der Waals surface area contributed by atoms with E-state index in [-0.39, 0.29) is 70.3 Å². The highest BCUT2D eigenvalue weighted by Crippen LogP contribution is 2.55. The Morgan fingerprint density at radius 1 is 0.905 bits per heavy atom. The molecule has 63 heavy (non-hydrogen) atoms. The van der Waals surface area contributed by atoms with Crippen molar-refractivity contribution in [2.24, 2.45) is 10.8 Å². The smallest absolute Gasteiger partial charge is 0.271 e. The Balaban J connectivity index is 0.745. The molecule has 4 aliphatic heterocycles.